The molecule has 3 nitrogen and oxygen atoms in total. The van der Waals surface area contributed by atoms with Gasteiger partial charge in [-0.15, -0.1) is 11.8 Å². The molecule has 0 saturated heterocycles. The first kappa shape index (κ1) is 13.8. The predicted molar refractivity (Wildman–Crippen MR) is 94.6 cm³/mol. The highest BCUT2D eigenvalue weighted by Gasteiger charge is 2.33. The van der Waals surface area contributed by atoms with Crippen LogP contribution in [-0.4, -0.2) is 11.6 Å². The van der Waals surface area contributed by atoms with Crippen LogP contribution in [0.4, 0.5) is 0 Å². The van der Waals surface area contributed by atoms with Gasteiger partial charge in [0.2, 0.25) is 0 Å². The number of phenolic OH excluding ortho intramolecular Hbond substituents is 2. The van der Waals surface area contributed by atoms with Crippen LogP contribution in [0.25, 0.3) is 0 Å². The average molecular weight is 338 g/mol. The third-order valence-corrected chi connectivity index (χ3v) is 5.43. The number of phenols is 2. The first-order chi connectivity index (χ1) is 12.2. The molecule has 4 rings (SSSR count). The van der Waals surface area contributed by atoms with Crippen molar-refractivity contribution >= 4 is 11.8 Å². The van der Waals surface area contributed by atoms with Crippen LogP contribution in [0.1, 0.15) is 22.5 Å². The fourth-order valence-corrected chi connectivity index (χ4v) is 4.14. The Balaban J connectivity index is 1.75. The summed E-state index contributed by atoms with van der Waals surface area (Å²) in [5.41, 5.74) is 2.10. The minimum absolute atomic E-state index is 0.0548. The van der Waals surface area contributed by atoms with E-state index in [1.165, 1.54) is 0 Å². The Hall–Kier alpha value is -2.59. The molecule has 4 heteroatoms. The van der Waals surface area contributed by atoms with Gasteiger partial charge >= 0.3 is 0 Å². The lowest BCUT2D eigenvalue weighted by Crippen LogP contribution is -2.19. The minimum Gasteiger partial charge on any atom is -0.508 e. The van der Waals surface area contributed by atoms with E-state index in [1.807, 2.05) is 42.5 Å². The summed E-state index contributed by atoms with van der Waals surface area (Å²) in [5, 5.41) is 14.2. The molecule has 120 valence electrons. The lowest BCUT2D eigenvalue weighted by atomic mass is 10.00. The summed E-state index contributed by atoms with van der Waals surface area (Å²) in [6.45, 7) is 0. The van der Waals surface area contributed by atoms with Gasteiger partial charge in [0.15, 0.2) is 0 Å². The van der Waals surface area contributed by atoms with Crippen molar-refractivity contribution in [2.75, 3.05) is 0 Å². The molecule has 3 aromatic carbocycles. The lowest BCUT2D eigenvalue weighted by molar-refractivity contribution is 0.191. The Morgan fingerprint density at radius 3 is 2.25 bits per heavy atom. The highest BCUT2D eigenvalue weighted by molar-refractivity contribution is 7.99. The van der Waals surface area contributed by atoms with E-state index in [1.54, 1.807) is 36.0 Å². The van der Waals surface area contributed by atoms with Crippen LogP contribution in [-0.2, 0) is 0 Å². The number of hydrogen-bond donors (Lipinski definition) is 2. The Kier molecular flexibility index (Phi) is 3.53. The normalized spacial score (nSPS) is 19.8. The molecule has 0 bridgehead atoms. The quantitative estimate of drug-likeness (QED) is 0.700. The van der Waals surface area contributed by atoms with Gasteiger partial charge in [0, 0.05) is 0 Å². The van der Waals surface area contributed by atoms with E-state index in [0.717, 1.165) is 21.8 Å². The second-order valence-corrected chi connectivity index (χ2v) is 6.87. The van der Waals surface area contributed by atoms with E-state index in [4.69, 9.17) is 6.17 Å². The van der Waals surface area contributed by atoms with Gasteiger partial charge in [-0.1, -0.05) is 36.4 Å². The Labute approximate surface area is 146 Å². The van der Waals surface area contributed by atoms with Crippen LogP contribution >= 0.6 is 11.8 Å². The van der Waals surface area contributed by atoms with Gasteiger partial charge in [-0.3, -0.25) is 0 Å². The highest BCUT2D eigenvalue weighted by Crippen LogP contribution is 2.53. The van der Waals surface area contributed by atoms with E-state index in [0.29, 0.717) is 5.75 Å². The summed E-state index contributed by atoms with van der Waals surface area (Å²) in [7, 11) is 0. The van der Waals surface area contributed by atoms with Crippen molar-refractivity contribution in [2.45, 2.75) is 16.2 Å². The first-order valence-corrected chi connectivity index (χ1v) is 8.57. The van der Waals surface area contributed by atoms with Crippen molar-refractivity contribution in [3.63, 3.8) is 0 Å². The third-order valence-electron chi connectivity index (χ3n) is 4.06. The standard InChI is InChI=1S/C20H16O3S/c21-15-9-5-13(6-10-15)19-20(14-7-11-16(22)12-8-14)24-18-4-2-1-3-17(18)23-19/h1-12,19-22H/t19-,20+/m1/s1/i/hT. The SMILES string of the molecule is [3H]Oc1ccc([C@@H]2Sc3ccccc3O[C@@H]2c2ccc(O)cc2)cc1. The highest BCUT2D eigenvalue weighted by atomic mass is 32.2. The molecule has 1 aliphatic heterocycles. The molecule has 2 atom stereocenters. The number of benzene rings is 3. The Morgan fingerprint density at radius 2 is 1.50 bits per heavy atom. The molecule has 1 heterocycles. The first-order valence-electron chi connectivity index (χ1n) is 8.10. The maximum absolute atomic E-state index is 9.58. The number of rotatable bonds is 3. The van der Waals surface area contributed by atoms with Gasteiger partial charge in [-0.25, -0.2) is 0 Å². The summed E-state index contributed by atoms with van der Waals surface area (Å²) >= 11 is 1.76. The third kappa shape index (κ3) is 2.81. The van der Waals surface area contributed by atoms with Gasteiger partial charge < -0.3 is 15.0 Å². The molecule has 0 radical (unpaired) electrons. The molecule has 0 saturated carbocycles. The molecule has 3 aromatic rings. The lowest BCUT2D eigenvalue weighted by Gasteiger charge is -2.33. The van der Waals surface area contributed by atoms with Crippen molar-refractivity contribution in [1.82, 2.24) is 0 Å². The molecular weight excluding hydrogens is 320 g/mol. The number of hydrogen-bond acceptors (Lipinski definition) is 4. The number of para-hydroxylation sites is 1. The molecule has 0 amide bonds. The van der Waals surface area contributed by atoms with Crippen LogP contribution in [0, 0.1) is 0 Å². The van der Waals surface area contributed by atoms with Crippen molar-refractivity contribution in [3.05, 3.63) is 83.9 Å². The Bertz CT molecular complexity index is 865. The van der Waals surface area contributed by atoms with Crippen LogP contribution in [0.15, 0.2) is 77.7 Å². The fraction of sp³-hybridized carbons (Fsp3) is 0.100. The van der Waals surface area contributed by atoms with Crippen LogP contribution < -0.4 is 4.74 Å². The molecular formula is C20H16O3S. The van der Waals surface area contributed by atoms with E-state index < -0.39 is 0 Å². The minimum atomic E-state index is -0.178. The number of aromatic hydroxyl groups is 2. The zero-order valence-electron chi connectivity index (χ0n) is 13.8. The smallest absolute Gasteiger partial charge is 0.293 e. The van der Waals surface area contributed by atoms with Crippen LogP contribution in [0.2, 0.25) is 0 Å². The van der Waals surface area contributed by atoms with E-state index in [-0.39, 0.29) is 17.1 Å². The monoisotopic (exact) mass is 338 g/mol. The summed E-state index contributed by atoms with van der Waals surface area (Å²) < 4.78 is 13.3. The molecule has 0 spiro atoms. The van der Waals surface area contributed by atoms with E-state index in [9.17, 15) is 5.11 Å². The Morgan fingerprint density at radius 1 is 0.833 bits per heavy atom. The largest absolute Gasteiger partial charge is 0.508 e. The topological polar surface area (TPSA) is 49.7 Å². The van der Waals surface area contributed by atoms with Crippen LogP contribution in [0.3, 0.4) is 0 Å². The van der Waals surface area contributed by atoms with Crippen molar-refractivity contribution in [2.24, 2.45) is 0 Å². The molecule has 0 aromatic heterocycles. The van der Waals surface area contributed by atoms with Crippen molar-refractivity contribution in [3.8, 4) is 17.2 Å². The van der Waals surface area contributed by atoms with E-state index >= 15 is 0 Å². The summed E-state index contributed by atoms with van der Waals surface area (Å²) in [4.78, 5) is 1.10. The number of fused-ring (bicyclic) bond motifs is 1. The van der Waals surface area contributed by atoms with Crippen LogP contribution in [0.5, 0.6) is 17.2 Å². The number of thioether (sulfide) groups is 1. The second-order valence-electron chi connectivity index (χ2n) is 5.68. The zero-order valence-corrected chi connectivity index (χ0v) is 13.6. The van der Waals surface area contributed by atoms with Gasteiger partial charge in [0.25, 0.3) is 1.43 Å². The summed E-state index contributed by atoms with van der Waals surface area (Å²) in [6, 6.07) is 22.6. The van der Waals surface area contributed by atoms with Gasteiger partial charge in [0.05, 0.1) is 10.1 Å². The fourth-order valence-electron chi connectivity index (χ4n) is 2.85. The van der Waals surface area contributed by atoms with Gasteiger partial charge in [0.1, 0.15) is 23.4 Å². The second kappa shape index (κ2) is 6.13. The molecule has 2 N–H and O–H groups in total. The van der Waals surface area contributed by atoms with Crippen molar-refractivity contribution in [1.29, 1.82) is 1.43 Å². The van der Waals surface area contributed by atoms with Gasteiger partial charge in [-0.05, 0) is 47.5 Å². The van der Waals surface area contributed by atoms with E-state index in [2.05, 4.69) is 11.2 Å². The summed E-state index contributed by atoms with van der Waals surface area (Å²) in [6.07, 6.45) is -0.178. The molecule has 0 fully saturated rings. The zero-order chi connectivity index (χ0) is 17.2. The maximum atomic E-state index is 9.58. The van der Waals surface area contributed by atoms with Gasteiger partial charge in [-0.2, -0.15) is 0 Å². The summed E-state index contributed by atoms with van der Waals surface area (Å²) in [5.74, 6) is 1.61. The predicted octanol–water partition coefficient (Wildman–Crippen LogP) is 5.06. The molecule has 0 aliphatic carbocycles. The molecule has 24 heavy (non-hydrogen) atoms. The molecule has 0 unspecified atom stereocenters. The average Bonchev–Trinajstić information content (AvgIpc) is 2.68. The maximum Gasteiger partial charge on any atom is 0.293 e. The van der Waals surface area contributed by atoms with Crippen molar-refractivity contribution < 1.29 is 15.0 Å². The molecule has 1 aliphatic rings. The number of ether oxygens (including phenoxy) is 1.